The fourth-order valence-corrected chi connectivity index (χ4v) is 3.31. The zero-order valence-corrected chi connectivity index (χ0v) is 15.3. The molecule has 0 fully saturated rings. The van der Waals surface area contributed by atoms with Gasteiger partial charge < -0.3 is 24.9 Å². The zero-order valence-electron chi connectivity index (χ0n) is 14.5. The van der Waals surface area contributed by atoms with E-state index in [9.17, 15) is 14.7 Å². The maximum absolute atomic E-state index is 12.0. The Balaban J connectivity index is 1.53. The molecule has 140 valence electrons. The van der Waals surface area contributed by atoms with Crippen LogP contribution < -0.4 is 15.4 Å². The molecule has 1 aromatic carbocycles. The third-order valence-electron chi connectivity index (χ3n) is 3.72. The van der Waals surface area contributed by atoms with Crippen molar-refractivity contribution in [3.8, 4) is 5.75 Å². The molecule has 0 aliphatic heterocycles. The highest BCUT2D eigenvalue weighted by molar-refractivity contribution is 7.12. The molecule has 2 aromatic heterocycles. The number of thiophene rings is 1. The summed E-state index contributed by atoms with van der Waals surface area (Å²) in [6.07, 6.45) is 0.639. The topological polar surface area (TPSA) is 101 Å². The van der Waals surface area contributed by atoms with Crippen LogP contribution in [0.25, 0.3) is 0 Å². The van der Waals surface area contributed by atoms with Crippen LogP contribution in [0.15, 0.2) is 59.2 Å². The molecule has 7 nitrogen and oxygen atoms in total. The van der Waals surface area contributed by atoms with Crippen molar-refractivity contribution in [2.45, 2.75) is 12.6 Å². The van der Waals surface area contributed by atoms with Gasteiger partial charge in [0.2, 0.25) is 0 Å². The molecule has 1 atom stereocenters. The average molecular weight is 386 g/mol. The first kappa shape index (κ1) is 18.7. The summed E-state index contributed by atoms with van der Waals surface area (Å²) in [4.78, 5) is 25.5. The Morgan fingerprint density at radius 1 is 1.19 bits per heavy atom. The lowest BCUT2D eigenvalue weighted by atomic mass is 10.2. The first-order valence-electron chi connectivity index (χ1n) is 8.10. The van der Waals surface area contributed by atoms with Gasteiger partial charge in [-0.2, -0.15) is 0 Å². The number of amides is 2. The van der Waals surface area contributed by atoms with Gasteiger partial charge in [0, 0.05) is 21.5 Å². The molecule has 0 saturated carbocycles. The zero-order chi connectivity index (χ0) is 19.2. The van der Waals surface area contributed by atoms with Gasteiger partial charge in [-0.3, -0.25) is 9.59 Å². The van der Waals surface area contributed by atoms with E-state index in [-0.39, 0.29) is 6.54 Å². The second-order valence-electron chi connectivity index (χ2n) is 5.59. The van der Waals surface area contributed by atoms with Crippen LogP contribution in [0, 0.1) is 0 Å². The van der Waals surface area contributed by atoms with E-state index in [1.807, 2.05) is 0 Å². The Labute approximate surface area is 159 Å². The summed E-state index contributed by atoms with van der Waals surface area (Å²) in [5.74, 6) is -0.491. The van der Waals surface area contributed by atoms with Crippen molar-refractivity contribution < 1.29 is 23.8 Å². The molecular weight excluding hydrogens is 368 g/mol. The minimum absolute atomic E-state index is 0.180. The van der Waals surface area contributed by atoms with Gasteiger partial charge in [-0.1, -0.05) is 6.07 Å². The lowest BCUT2D eigenvalue weighted by Crippen LogP contribution is -2.34. The van der Waals surface area contributed by atoms with Crippen molar-refractivity contribution in [1.82, 2.24) is 5.32 Å². The monoisotopic (exact) mass is 386 g/mol. The van der Waals surface area contributed by atoms with E-state index in [1.54, 1.807) is 48.5 Å². The number of carbonyl (C=O) groups excluding carboxylic acids is 2. The molecular formula is C19H18N2O5S. The van der Waals surface area contributed by atoms with Crippen LogP contribution in [0.2, 0.25) is 0 Å². The Bertz CT molecular complexity index is 920. The molecule has 27 heavy (non-hydrogen) atoms. The molecule has 0 spiro atoms. The Morgan fingerprint density at radius 3 is 2.78 bits per heavy atom. The number of rotatable bonds is 6. The van der Waals surface area contributed by atoms with Crippen molar-refractivity contribution in [2.24, 2.45) is 0 Å². The predicted octanol–water partition coefficient (Wildman–Crippen LogP) is 2.69. The summed E-state index contributed by atoms with van der Waals surface area (Å²) in [5, 5.41) is 15.3. The van der Waals surface area contributed by atoms with E-state index in [0.717, 1.165) is 4.88 Å². The first-order valence-corrected chi connectivity index (χ1v) is 8.92. The molecule has 8 heteroatoms. The molecule has 0 aliphatic rings. The van der Waals surface area contributed by atoms with E-state index >= 15 is 0 Å². The highest BCUT2D eigenvalue weighted by Crippen LogP contribution is 2.28. The van der Waals surface area contributed by atoms with Gasteiger partial charge in [-0.05, 0) is 36.4 Å². The van der Waals surface area contributed by atoms with Crippen LogP contribution in [-0.2, 0) is 16.1 Å². The first-order chi connectivity index (χ1) is 13.1. The minimum atomic E-state index is -0.856. The Hall–Kier alpha value is -3.10. The second-order valence-corrected chi connectivity index (χ2v) is 6.79. The number of aliphatic hydroxyl groups is 1. The van der Waals surface area contributed by atoms with Crippen LogP contribution >= 0.6 is 11.3 Å². The molecule has 0 radical (unpaired) electrons. The van der Waals surface area contributed by atoms with Gasteiger partial charge in [0.25, 0.3) is 0 Å². The number of methoxy groups -OCH3 is 1. The SMILES string of the molecule is COc1cccc(NC(=O)C(=O)NCc2ccc(C(O)c3ccco3)s2)c1. The van der Waals surface area contributed by atoms with Gasteiger partial charge in [-0.25, -0.2) is 0 Å². The third-order valence-corrected chi connectivity index (χ3v) is 4.86. The summed E-state index contributed by atoms with van der Waals surface area (Å²) in [6.45, 7) is 0.180. The highest BCUT2D eigenvalue weighted by atomic mass is 32.1. The Morgan fingerprint density at radius 2 is 2.04 bits per heavy atom. The van der Waals surface area contributed by atoms with Gasteiger partial charge in [0.15, 0.2) is 0 Å². The number of ether oxygens (including phenoxy) is 1. The van der Waals surface area contributed by atoms with E-state index in [0.29, 0.717) is 22.1 Å². The smallest absolute Gasteiger partial charge is 0.313 e. The molecule has 0 aliphatic carbocycles. The minimum Gasteiger partial charge on any atom is -0.497 e. The fraction of sp³-hybridized carbons (Fsp3) is 0.158. The molecule has 0 saturated heterocycles. The van der Waals surface area contributed by atoms with Crippen LogP contribution in [0.1, 0.15) is 21.6 Å². The summed E-state index contributed by atoms with van der Waals surface area (Å²) >= 11 is 1.33. The predicted molar refractivity (Wildman–Crippen MR) is 101 cm³/mol. The fourth-order valence-electron chi connectivity index (χ4n) is 2.36. The number of anilines is 1. The van der Waals surface area contributed by atoms with Crippen LogP contribution in [0.3, 0.4) is 0 Å². The molecule has 3 aromatic rings. The maximum Gasteiger partial charge on any atom is 0.313 e. The van der Waals surface area contributed by atoms with Crippen molar-refractivity contribution in [1.29, 1.82) is 0 Å². The van der Waals surface area contributed by atoms with Gasteiger partial charge in [-0.15, -0.1) is 11.3 Å². The Kier molecular flexibility index (Phi) is 5.90. The maximum atomic E-state index is 12.0. The lowest BCUT2D eigenvalue weighted by Gasteiger charge is -2.07. The summed E-state index contributed by atoms with van der Waals surface area (Å²) in [6, 6.07) is 13.7. The van der Waals surface area contributed by atoms with Gasteiger partial charge in [0.05, 0.1) is 19.9 Å². The molecule has 0 bridgehead atoms. The molecule has 2 amide bonds. The number of furan rings is 1. The normalized spacial score (nSPS) is 11.6. The number of hydrogen-bond donors (Lipinski definition) is 3. The number of hydrogen-bond acceptors (Lipinski definition) is 6. The molecule has 3 rings (SSSR count). The van der Waals surface area contributed by atoms with E-state index in [4.69, 9.17) is 9.15 Å². The average Bonchev–Trinajstić information content (AvgIpc) is 3.37. The number of aliphatic hydroxyl groups excluding tert-OH is 1. The summed E-state index contributed by atoms with van der Waals surface area (Å²) in [7, 11) is 1.52. The van der Waals surface area contributed by atoms with Crippen molar-refractivity contribution in [3.05, 3.63) is 70.3 Å². The molecule has 3 N–H and O–H groups in total. The van der Waals surface area contributed by atoms with Crippen LogP contribution in [-0.4, -0.2) is 24.0 Å². The van der Waals surface area contributed by atoms with Crippen molar-refractivity contribution in [2.75, 3.05) is 12.4 Å². The summed E-state index contributed by atoms with van der Waals surface area (Å²) in [5.41, 5.74) is 0.467. The van der Waals surface area contributed by atoms with Crippen molar-refractivity contribution in [3.63, 3.8) is 0 Å². The van der Waals surface area contributed by atoms with E-state index in [1.165, 1.54) is 24.7 Å². The van der Waals surface area contributed by atoms with Crippen molar-refractivity contribution >= 4 is 28.8 Å². The standard InChI is InChI=1S/C19H18N2O5S/c1-25-13-5-2-4-12(10-13)21-19(24)18(23)20-11-14-7-8-16(27-14)17(22)15-6-3-9-26-15/h2-10,17,22H,11H2,1H3,(H,20,23)(H,21,24). The van der Waals surface area contributed by atoms with E-state index in [2.05, 4.69) is 10.6 Å². The molecule has 2 heterocycles. The van der Waals surface area contributed by atoms with Gasteiger partial charge >= 0.3 is 11.8 Å². The number of carbonyl (C=O) groups is 2. The van der Waals surface area contributed by atoms with Crippen LogP contribution in [0.5, 0.6) is 5.75 Å². The molecule has 1 unspecified atom stereocenters. The second kappa shape index (κ2) is 8.52. The van der Waals surface area contributed by atoms with Crippen LogP contribution in [0.4, 0.5) is 5.69 Å². The lowest BCUT2D eigenvalue weighted by molar-refractivity contribution is -0.136. The number of nitrogens with one attached hydrogen (secondary N) is 2. The summed E-state index contributed by atoms with van der Waals surface area (Å²) < 4.78 is 10.3. The third kappa shape index (κ3) is 4.75. The highest BCUT2D eigenvalue weighted by Gasteiger charge is 2.17. The quantitative estimate of drug-likeness (QED) is 0.566. The van der Waals surface area contributed by atoms with E-state index < -0.39 is 17.9 Å². The van der Waals surface area contributed by atoms with Gasteiger partial charge in [0.1, 0.15) is 17.6 Å². The largest absolute Gasteiger partial charge is 0.497 e. The number of benzene rings is 1.